The van der Waals surface area contributed by atoms with Crippen LogP contribution in [0.2, 0.25) is 0 Å². The molecule has 0 aliphatic carbocycles. The van der Waals surface area contributed by atoms with E-state index in [1.807, 2.05) is 7.05 Å². The third-order valence-corrected chi connectivity index (χ3v) is 5.48. The van der Waals surface area contributed by atoms with Gasteiger partial charge in [-0.2, -0.15) is 0 Å². The Bertz CT molecular complexity index is 547. The van der Waals surface area contributed by atoms with Crippen LogP contribution in [-0.2, 0) is 10.8 Å². The fraction of sp³-hybridized carbons (Fsp3) is 0.625. The Morgan fingerprint density at radius 3 is 2.05 bits per heavy atom. The molecule has 0 saturated heterocycles. The van der Waals surface area contributed by atoms with Gasteiger partial charge in [0, 0.05) is 21.6 Å². The van der Waals surface area contributed by atoms with E-state index in [4.69, 9.17) is 9.97 Å². The van der Waals surface area contributed by atoms with Crippen LogP contribution in [0.5, 0.6) is 0 Å². The van der Waals surface area contributed by atoms with E-state index < -0.39 is 0 Å². The van der Waals surface area contributed by atoms with Crippen molar-refractivity contribution in [2.45, 2.75) is 58.4 Å². The van der Waals surface area contributed by atoms with E-state index in [0.29, 0.717) is 0 Å². The molecule has 0 spiro atoms. The second-order valence-corrected chi connectivity index (χ2v) is 9.12. The van der Waals surface area contributed by atoms with Gasteiger partial charge in [-0.15, -0.1) is 22.7 Å². The molecule has 21 heavy (non-hydrogen) atoms. The average molecular weight is 324 g/mol. The van der Waals surface area contributed by atoms with Crippen molar-refractivity contribution in [3.8, 4) is 0 Å². The van der Waals surface area contributed by atoms with Crippen molar-refractivity contribution in [3.63, 3.8) is 0 Å². The van der Waals surface area contributed by atoms with Gasteiger partial charge in [-0.25, -0.2) is 9.97 Å². The number of hydrogen-bond donors (Lipinski definition) is 1. The lowest BCUT2D eigenvalue weighted by atomic mass is 9.93. The molecule has 0 aromatic carbocycles. The summed E-state index contributed by atoms with van der Waals surface area (Å²) in [4.78, 5) is 9.64. The van der Waals surface area contributed by atoms with E-state index in [1.54, 1.807) is 22.7 Å². The summed E-state index contributed by atoms with van der Waals surface area (Å²) in [6.45, 7) is 13.2. The van der Waals surface area contributed by atoms with Crippen LogP contribution in [0.15, 0.2) is 10.8 Å². The number of thiazole rings is 2. The molecule has 1 N–H and O–H groups in total. The van der Waals surface area contributed by atoms with Gasteiger partial charge in [0.05, 0.1) is 16.4 Å². The fourth-order valence-corrected chi connectivity index (χ4v) is 4.02. The third-order valence-electron chi connectivity index (χ3n) is 3.29. The van der Waals surface area contributed by atoms with Gasteiger partial charge in [0.15, 0.2) is 0 Å². The molecule has 3 nitrogen and oxygen atoms in total. The second kappa shape index (κ2) is 5.78. The SMILES string of the molecule is CNC(c1csc(C(C)(C)C)n1)c1nc(C(C)(C)C)cs1. The predicted octanol–water partition coefficient (Wildman–Crippen LogP) is 4.50. The summed E-state index contributed by atoms with van der Waals surface area (Å²) in [7, 11) is 1.97. The van der Waals surface area contributed by atoms with Crippen LogP contribution in [0.3, 0.4) is 0 Å². The van der Waals surface area contributed by atoms with E-state index in [-0.39, 0.29) is 16.9 Å². The maximum absolute atomic E-state index is 4.82. The molecular formula is C16H25N3S2. The normalized spacial score (nSPS) is 14.4. The molecule has 0 aliphatic rings. The van der Waals surface area contributed by atoms with Crippen molar-refractivity contribution >= 4 is 22.7 Å². The molecule has 116 valence electrons. The lowest BCUT2D eigenvalue weighted by Gasteiger charge is -2.16. The molecule has 1 unspecified atom stereocenters. The zero-order valence-corrected chi connectivity index (χ0v) is 15.6. The molecule has 0 radical (unpaired) electrons. The Hall–Kier alpha value is -0.780. The van der Waals surface area contributed by atoms with E-state index in [1.165, 1.54) is 5.01 Å². The summed E-state index contributed by atoms with van der Waals surface area (Å²) in [5, 5.41) is 9.93. The summed E-state index contributed by atoms with van der Waals surface area (Å²) in [6.07, 6.45) is 0. The molecule has 2 aromatic rings. The average Bonchev–Trinajstić information content (AvgIpc) is 2.96. The van der Waals surface area contributed by atoms with Crippen LogP contribution in [0, 0.1) is 0 Å². The van der Waals surface area contributed by atoms with E-state index >= 15 is 0 Å². The number of aromatic nitrogens is 2. The topological polar surface area (TPSA) is 37.8 Å². The summed E-state index contributed by atoms with van der Waals surface area (Å²) in [5.74, 6) is 0. The number of nitrogens with one attached hydrogen (secondary N) is 1. The summed E-state index contributed by atoms with van der Waals surface area (Å²) >= 11 is 3.44. The lowest BCUT2D eigenvalue weighted by molar-refractivity contribution is 0.562. The van der Waals surface area contributed by atoms with Crippen LogP contribution in [-0.4, -0.2) is 17.0 Å². The first kappa shape index (κ1) is 16.6. The summed E-state index contributed by atoms with van der Waals surface area (Å²) in [5.41, 5.74) is 2.41. The molecule has 5 heteroatoms. The molecule has 0 bridgehead atoms. The van der Waals surface area contributed by atoms with Crippen LogP contribution >= 0.6 is 22.7 Å². The Balaban J connectivity index is 2.32. The molecular weight excluding hydrogens is 298 g/mol. The minimum Gasteiger partial charge on any atom is -0.306 e. The highest BCUT2D eigenvalue weighted by Crippen LogP contribution is 2.32. The zero-order valence-electron chi connectivity index (χ0n) is 13.9. The van der Waals surface area contributed by atoms with E-state index in [0.717, 1.165) is 16.4 Å². The minimum absolute atomic E-state index is 0.0819. The monoisotopic (exact) mass is 323 g/mol. The number of nitrogens with zero attached hydrogens (tertiary/aromatic N) is 2. The summed E-state index contributed by atoms with van der Waals surface area (Å²) in [6, 6.07) is 0.0819. The highest BCUT2D eigenvalue weighted by Gasteiger charge is 2.25. The van der Waals surface area contributed by atoms with Gasteiger partial charge in [0.25, 0.3) is 0 Å². The molecule has 0 fully saturated rings. The fourth-order valence-electron chi connectivity index (χ4n) is 1.93. The largest absolute Gasteiger partial charge is 0.306 e. The van der Waals surface area contributed by atoms with Gasteiger partial charge in [-0.05, 0) is 7.05 Å². The van der Waals surface area contributed by atoms with Crippen molar-refractivity contribution in [2.75, 3.05) is 7.05 Å². The van der Waals surface area contributed by atoms with Crippen LogP contribution in [0.1, 0.15) is 69.0 Å². The maximum Gasteiger partial charge on any atom is 0.116 e. The van der Waals surface area contributed by atoms with E-state index in [2.05, 4.69) is 57.6 Å². The second-order valence-electron chi connectivity index (χ2n) is 7.37. The van der Waals surface area contributed by atoms with Crippen molar-refractivity contribution in [2.24, 2.45) is 0 Å². The van der Waals surface area contributed by atoms with Crippen LogP contribution in [0.25, 0.3) is 0 Å². The highest BCUT2D eigenvalue weighted by atomic mass is 32.1. The zero-order chi connectivity index (χ0) is 15.8. The minimum atomic E-state index is 0.0819. The van der Waals surface area contributed by atoms with Crippen molar-refractivity contribution < 1.29 is 0 Å². The molecule has 0 aliphatic heterocycles. The van der Waals surface area contributed by atoms with Crippen molar-refractivity contribution in [1.29, 1.82) is 0 Å². The standard InChI is InChI=1S/C16H25N3S2/c1-15(2,3)11-9-20-13(19-11)12(17-7)10-8-21-14(18-10)16(4,5)6/h8-9,12,17H,1-7H3. The van der Waals surface area contributed by atoms with Gasteiger partial charge < -0.3 is 5.32 Å². The first-order valence-electron chi connectivity index (χ1n) is 7.22. The third kappa shape index (κ3) is 3.71. The predicted molar refractivity (Wildman–Crippen MR) is 92.5 cm³/mol. The Morgan fingerprint density at radius 1 is 0.952 bits per heavy atom. The Labute approximate surface area is 135 Å². The first-order valence-corrected chi connectivity index (χ1v) is 8.98. The Kier molecular flexibility index (Phi) is 4.57. The van der Waals surface area contributed by atoms with Gasteiger partial charge in [-0.3, -0.25) is 0 Å². The molecule has 1 atom stereocenters. The molecule has 2 rings (SSSR count). The summed E-state index contributed by atoms with van der Waals surface area (Å²) < 4.78 is 0. The van der Waals surface area contributed by atoms with Crippen LogP contribution in [0.4, 0.5) is 0 Å². The molecule has 2 heterocycles. The van der Waals surface area contributed by atoms with E-state index in [9.17, 15) is 0 Å². The highest BCUT2D eigenvalue weighted by molar-refractivity contribution is 7.10. The maximum atomic E-state index is 4.82. The molecule has 2 aromatic heterocycles. The first-order chi connectivity index (χ1) is 9.63. The van der Waals surface area contributed by atoms with Crippen LogP contribution < -0.4 is 5.32 Å². The molecule has 0 saturated carbocycles. The quantitative estimate of drug-likeness (QED) is 0.903. The Morgan fingerprint density at radius 2 is 1.62 bits per heavy atom. The lowest BCUT2D eigenvalue weighted by Crippen LogP contribution is -2.20. The van der Waals surface area contributed by atoms with Crippen molar-refractivity contribution in [3.05, 3.63) is 32.2 Å². The number of hydrogen-bond acceptors (Lipinski definition) is 5. The number of rotatable bonds is 3. The van der Waals surface area contributed by atoms with Gasteiger partial charge in [-0.1, -0.05) is 41.5 Å². The molecule has 0 amide bonds. The van der Waals surface area contributed by atoms with Gasteiger partial charge >= 0.3 is 0 Å². The van der Waals surface area contributed by atoms with Gasteiger partial charge in [0.1, 0.15) is 11.0 Å². The smallest absolute Gasteiger partial charge is 0.116 e. The van der Waals surface area contributed by atoms with Gasteiger partial charge in [0.2, 0.25) is 0 Å². The van der Waals surface area contributed by atoms with Crippen molar-refractivity contribution in [1.82, 2.24) is 15.3 Å².